The quantitative estimate of drug-likeness (QED) is 0.369. The van der Waals surface area contributed by atoms with Gasteiger partial charge in [0.15, 0.2) is 0 Å². The molecule has 0 bridgehead atoms. The van der Waals surface area contributed by atoms with Gasteiger partial charge in [0.2, 0.25) is 0 Å². The maximum absolute atomic E-state index is 5.49. The molecule has 2 aromatic carbocycles. The standard InChI is InChI=1S/C15H16OS.C9H9N/c1-11-4-6-13(7-5-11)14-8-12(2)9-15(10-14)16-17-3;1-3-4-9-6-5-8(2)10-7-9/h4-10H,1-3H3;4-7H,1H2,2H3. The Hall–Kier alpha value is -2.74. The van der Waals surface area contributed by atoms with Crippen molar-refractivity contribution in [3.8, 4) is 16.9 Å². The van der Waals surface area contributed by atoms with E-state index in [1.54, 1.807) is 12.3 Å². The first-order valence-electron chi connectivity index (χ1n) is 8.69. The smallest absolute Gasteiger partial charge is 0.138 e. The zero-order chi connectivity index (χ0) is 19.6. The van der Waals surface area contributed by atoms with Crippen molar-refractivity contribution in [1.82, 2.24) is 4.98 Å². The van der Waals surface area contributed by atoms with Crippen LogP contribution in [0.4, 0.5) is 0 Å². The van der Waals surface area contributed by atoms with E-state index >= 15 is 0 Å². The molecule has 0 unspecified atom stereocenters. The summed E-state index contributed by atoms with van der Waals surface area (Å²) in [5.41, 5.74) is 9.68. The molecule has 3 rings (SSSR count). The summed E-state index contributed by atoms with van der Waals surface area (Å²) < 4.78 is 5.49. The third kappa shape index (κ3) is 6.82. The van der Waals surface area contributed by atoms with Crippen LogP contribution in [-0.2, 0) is 0 Å². The summed E-state index contributed by atoms with van der Waals surface area (Å²) >= 11 is 1.37. The van der Waals surface area contributed by atoms with Gasteiger partial charge in [-0.05, 0) is 61.7 Å². The fourth-order valence-electron chi connectivity index (χ4n) is 2.49. The normalized spacial score (nSPS) is 9.63. The lowest BCUT2D eigenvalue weighted by molar-refractivity contribution is 0.650. The van der Waals surface area contributed by atoms with Crippen molar-refractivity contribution >= 4 is 18.1 Å². The average Bonchev–Trinajstić information content (AvgIpc) is 2.65. The van der Waals surface area contributed by atoms with Crippen molar-refractivity contribution in [2.75, 3.05) is 6.26 Å². The number of hydrogen-bond acceptors (Lipinski definition) is 3. The highest BCUT2D eigenvalue weighted by Crippen LogP contribution is 2.27. The Balaban J connectivity index is 0.000000223. The molecule has 1 aromatic heterocycles. The predicted molar refractivity (Wildman–Crippen MR) is 118 cm³/mol. The Kier molecular flexibility index (Phi) is 7.94. The van der Waals surface area contributed by atoms with Gasteiger partial charge in [-0.1, -0.05) is 48.5 Å². The topological polar surface area (TPSA) is 22.1 Å². The lowest BCUT2D eigenvalue weighted by Crippen LogP contribution is -1.85. The van der Waals surface area contributed by atoms with Gasteiger partial charge in [-0.15, -0.1) is 5.73 Å². The van der Waals surface area contributed by atoms with Crippen LogP contribution in [0.25, 0.3) is 17.2 Å². The number of benzene rings is 2. The van der Waals surface area contributed by atoms with Crippen LogP contribution in [0.3, 0.4) is 0 Å². The first-order chi connectivity index (χ1) is 13.0. The summed E-state index contributed by atoms with van der Waals surface area (Å²) in [6, 6.07) is 18.8. The molecule has 0 saturated heterocycles. The minimum atomic E-state index is 0.910. The van der Waals surface area contributed by atoms with Crippen molar-refractivity contribution in [1.29, 1.82) is 0 Å². The van der Waals surface area contributed by atoms with Crippen LogP contribution in [0.5, 0.6) is 5.75 Å². The van der Waals surface area contributed by atoms with E-state index in [4.69, 9.17) is 4.18 Å². The molecule has 0 aliphatic carbocycles. The van der Waals surface area contributed by atoms with Gasteiger partial charge in [-0.2, -0.15) is 0 Å². The maximum Gasteiger partial charge on any atom is 0.138 e. The van der Waals surface area contributed by atoms with E-state index < -0.39 is 0 Å². The molecule has 2 nitrogen and oxygen atoms in total. The molecular formula is C24H25NOS. The predicted octanol–water partition coefficient (Wildman–Crippen LogP) is 6.82. The minimum Gasteiger partial charge on any atom is -0.426 e. The monoisotopic (exact) mass is 375 g/mol. The van der Waals surface area contributed by atoms with Gasteiger partial charge >= 0.3 is 0 Å². The second kappa shape index (κ2) is 10.4. The van der Waals surface area contributed by atoms with Crippen molar-refractivity contribution in [2.45, 2.75) is 20.8 Å². The van der Waals surface area contributed by atoms with Crippen LogP contribution in [-0.4, -0.2) is 11.2 Å². The first-order valence-corrected chi connectivity index (χ1v) is 9.84. The fourth-order valence-corrected chi connectivity index (χ4v) is 2.78. The lowest BCUT2D eigenvalue weighted by atomic mass is 10.0. The summed E-state index contributed by atoms with van der Waals surface area (Å²) in [7, 11) is 0. The molecule has 3 heteroatoms. The maximum atomic E-state index is 5.49. The van der Waals surface area contributed by atoms with Gasteiger partial charge in [0.1, 0.15) is 5.75 Å². The SMILES string of the molecule is C=C=Cc1ccc(C)nc1.CSOc1cc(C)cc(-c2ccc(C)cc2)c1. The molecule has 1 heterocycles. The Morgan fingerprint density at radius 1 is 0.926 bits per heavy atom. The summed E-state index contributed by atoms with van der Waals surface area (Å²) in [5, 5.41) is 0. The van der Waals surface area contributed by atoms with E-state index in [0.29, 0.717) is 0 Å². The second-order valence-corrected chi connectivity index (χ2v) is 6.73. The van der Waals surface area contributed by atoms with E-state index in [1.807, 2.05) is 31.4 Å². The van der Waals surface area contributed by atoms with Gasteiger partial charge in [-0.25, -0.2) is 0 Å². The van der Waals surface area contributed by atoms with Gasteiger partial charge in [0.05, 0.1) is 12.0 Å². The largest absolute Gasteiger partial charge is 0.426 e. The Bertz CT molecular complexity index is 908. The molecule has 0 N–H and O–H groups in total. The highest BCUT2D eigenvalue weighted by molar-refractivity contribution is 7.94. The van der Waals surface area contributed by atoms with Gasteiger partial charge in [0.25, 0.3) is 0 Å². The minimum absolute atomic E-state index is 0.910. The van der Waals surface area contributed by atoms with Gasteiger partial charge in [-0.3, -0.25) is 4.98 Å². The van der Waals surface area contributed by atoms with E-state index in [2.05, 4.69) is 67.5 Å². The van der Waals surface area contributed by atoms with Crippen LogP contribution >= 0.6 is 12.0 Å². The fraction of sp³-hybridized carbons (Fsp3) is 0.167. The number of aromatic nitrogens is 1. The van der Waals surface area contributed by atoms with Crippen LogP contribution < -0.4 is 4.18 Å². The van der Waals surface area contributed by atoms with E-state index in [1.165, 1.54) is 34.3 Å². The van der Waals surface area contributed by atoms with Crippen LogP contribution in [0.1, 0.15) is 22.4 Å². The molecule has 0 fully saturated rings. The van der Waals surface area contributed by atoms with Crippen LogP contribution in [0.15, 0.2) is 73.1 Å². The van der Waals surface area contributed by atoms with E-state index in [0.717, 1.165) is 17.0 Å². The lowest BCUT2D eigenvalue weighted by Gasteiger charge is -2.07. The molecule has 0 spiro atoms. The number of aryl methyl sites for hydroxylation is 3. The zero-order valence-electron chi connectivity index (χ0n) is 16.3. The molecule has 0 amide bonds. The Morgan fingerprint density at radius 3 is 2.26 bits per heavy atom. The zero-order valence-corrected chi connectivity index (χ0v) is 17.1. The molecule has 3 aromatic rings. The molecule has 0 saturated carbocycles. The Morgan fingerprint density at radius 2 is 1.67 bits per heavy atom. The van der Waals surface area contributed by atoms with Crippen molar-refractivity contribution in [3.63, 3.8) is 0 Å². The summed E-state index contributed by atoms with van der Waals surface area (Å²) in [6.45, 7) is 9.62. The molecule has 0 aliphatic heterocycles. The number of nitrogens with zero attached hydrogens (tertiary/aromatic N) is 1. The summed E-state index contributed by atoms with van der Waals surface area (Å²) in [4.78, 5) is 4.10. The van der Waals surface area contributed by atoms with Crippen LogP contribution in [0, 0.1) is 20.8 Å². The third-order valence-electron chi connectivity index (χ3n) is 3.82. The highest BCUT2D eigenvalue weighted by atomic mass is 32.2. The number of pyridine rings is 1. The van der Waals surface area contributed by atoms with Gasteiger partial charge < -0.3 is 4.18 Å². The second-order valence-electron chi connectivity index (χ2n) is 6.23. The van der Waals surface area contributed by atoms with Gasteiger partial charge in [0, 0.05) is 23.7 Å². The average molecular weight is 376 g/mol. The van der Waals surface area contributed by atoms with E-state index in [9.17, 15) is 0 Å². The third-order valence-corrected chi connectivity index (χ3v) is 4.18. The summed E-state index contributed by atoms with van der Waals surface area (Å²) in [6.07, 6.45) is 5.52. The van der Waals surface area contributed by atoms with Crippen molar-refractivity contribution in [3.05, 3.63) is 95.5 Å². The molecule has 0 aliphatic rings. The van der Waals surface area contributed by atoms with Crippen LogP contribution in [0.2, 0.25) is 0 Å². The highest BCUT2D eigenvalue weighted by Gasteiger charge is 2.02. The molecule has 0 radical (unpaired) electrons. The number of hydrogen-bond donors (Lipinski definition) is 0. The molecule has 0 atom stereocenters. The number of rotatable bonds is 4. The molecule has 138 valence electrons. The molecule has 27 heavy (non-hydrogen) atoms. The van der Waals surface area contributed by atoms with E-state index in [-0.39, 0.29) is 0 Å². The van der Waals surface area contributed by atoms with Crippen molar-refractivity contribution in [2.24, 2.45) is 0 Å². The Labute approximate surface area is 166 Å². The first kappa shape index (κ1) is 20.6. The summed E-state index contributed by atoms with van der Waals surface area (Å²) in [5.74, 6) is 0.910. The molecular weight excluding hydrogens is 350 g/mol. The van der Waals surface area contributed by atoms with Crippen molar-refractivity contribution < 1.29 is 4.18 Å².